The predicted octanol–water partition coefficient (Wildman–Crippen LogP) is 2.43. The van der Waals surface area contributed by atoms with Gasteiger partial charge in [-0.1, -0.05) is 0 Å². The molecule has 0 saturated carbocycles. The molecular formula is C20H18N6O2. The van der Waals surface area contributed by atoms with Crippen molar-refractivity contribution in [1.82, 2.24) is 25.1 Å². The average Bonchev–Trinajstić information content (AvgIpc) is 3.14. The van der Waals surface area contributed by atoms with Crippen LogP contribution < -0.4 is 16.2 Å². The maximum Gasteiger partial charge on any atom is 0.259 e. The number of aromatic amines is 1. The van der Waals surface area contributed by atoms with Gasteiger partial charge in [-0.25, -0.2) is 4.98 Å². The van der Waals surface area contributed by atoms with Crippen molar-refractivity contribution in [2.45, 2.75) is 0 Å². The molecule has 140 valence electrons. The number of anilines is 2. The number of aromatic nitrogens is 4. The maximum absolute atomic E-state index is 12.4. The molecule has 1 amide bonds. The lowest BCUT2D eigenvalue weighted by molar-refractivity contribution is 0.0963. The number of carbonyl (C=O) groups is 1. The molecule has 3 heterocycles. The van der Waals surface area contributed by atoms with Crippen LogP contribution in [0.25, 0.3) is 22.0 Å². The molecule has 3 N–H and O–H groups in total. The molecule has 28 heavy (non-hydrogen) atoms. The van der Waals surface area contributed by atoms with E-state index in [1.807, 2.05) is 25.4 Å². The van der Waals surface area contributed by atoms with Crippen LogP contribution in [-0.2, 0) is 7.05 Å². The summed E-state index contributed by atoms with van der Waals surface area (Å²) in [4.78, 5) is 31.5. The molecule has 4 aromatic rings. The summed E-state index contributed by atoms with van der Waals surface area (Å²) in [5, 5.41) is 11.2. The van der Waals surface area contributed by atoms with Crippen molar-refractivity contribution in [3.05, 3.63) is 70.9 Å². The van der Waals surface area contributed by atoms with E-state index in [1.54, 1.807) is 48.4 Å². The second-order valence-corrected chi connectivity index (χ2v) is 6.31. The number of pyridine rings is 2. The molecule has 0 atom stereocenters. The number of carbonyl (C=O) groups excluding carboxylic acids is 1. The Morgan fingerprint density at radius 3 is 2.64 bits per heavy atom. The summed E-state index contributed by atoms with van der Waals surface area (Å²) < 4.78 is 1.70. The number of benzene rings is 1. The van der Waals surface area contributed by atoms with Crippen molar-refractivity contribution in [3.63, 3.8) is 0 Å². The summed E-state index contributed by atoms with van der Waals surface area (Å²) in [7, 11) is 3.42. The number of nitrogens with zero attached hydrogens (tertiary/aromatic N) is 3. The van der Waals surface area contributed by atoms with E-state index in [0.29, 0.717) is 28.1 Å². The number of hydrogen-bond donors (Lipinski definition) is 3. The Balaban J connectivity index is 1.80. The van der Waals surface area contributed by atoms with Crippen LogP contribution in [0.2, 0.25) is 0 Å². The van der Waals surface area contributed by atoms with Crippen molar-refractivity contribution in [2.75, 3.05) is 12.4 Å². The Kier molecular flexibility index (Phi) is 4.36. The second kappa shape index (κ2) is 6.99. The lowest BCUT2D eigenvalue weighted by atomic mass is 10.1. The third-order valence-electron chi connectivity index (χ3n) is 4.39. The molecule has 8 nitrogen and oxygen atoms in total. The summed E-state index contributed by atoms with van der Waals surface area (Å²) in [5.74, 6) is 0.274. The van der Waals surface area contributed by atoms with Crippen LogP contribution >= 0.6 is 0 Å². The first-order valence-electron chi connectivity index (χ1n) is 8.66. The molecule has 0 aliphatic heterocycles. The Bertz CT molecular complexity index is 1220. The van der Waals surface area contributed by atoms with E-state index in [4.69, 9.17) is 0 Å². The highest BCUT2D eigenvalue weighted by molar-refractivity contribution is 5.96. The van der Waals surface area contributed by atoms with E-state index in [-0.39, 0.29) is 11.5 Å². The van der Waals surface area contributed by atoms with Gasteiger partial charge in [-0.2, -0.15) is 5.10 Å². The first kappa shape index (κ1) is 17.5. The minimum atomic E-state index is -0.229. The summed E-state index contributed by atoms with van der Waals surface area (Å²) >= 11 is 0. The largest absolute Gasteiger partial charge is 0.355 e. The smallest absolute Gasteiger partial charge is 0.259 e. The van der Waals surface area contributed by atoms with Crippen molar-refractivity contribution < 1.29 is 4.79 Å². The summed E-state index contributed by atoms with van der Waals surface area (Å²) in [6.07, 6.45) is 5.20. The molecule has 8 heteroatoms. The molecule has 0 bridgehead atoms. The third-order valence-corrected chi connectivity index (χ3v) is 4.39. The van der Waals surface area contributed by atoms with Gasteiger partial charge in [0, 0.05) is 43.3 Å². The molecule has 0 fully saturated rings. The van der Waals surface area contributed by atoms with Gasteiger partial charge in [-0.05, 0) is 41.8 Å². The van der Waals surface area contributed by atoms with Gasteiger partial charge in [0.2, 0.25) is 0 Å². The van der Waals surface area contributed by atoms with Gasteiger partial charge in [-0.3, -0.25) is 14.3 Å². The molecule has 0 saturated heterocycles. The van der Waals surface area contributed by atoms with Crippen LogP contribution in [0, 0.1) is 0 Å². The lowest BCUT2D eigenvalue weighted by Crippen LogP contribution is -2.17. The zero-order valence-corrected chi connectivity index (χ0v) is 15.4. The fraction of sp³-hybridized carbons (Fsp3) is 0.100. The molecule has 0 radical (unpaired) electrons. The highest BCUT2D eigenvalue weighted by Crippen LogP contribution is 2.27. The van der Waals surface area contributed by atoms with E-state index < -0.39 is 0 Å². The number of fused-ring (bicyclic) bond motifs is 1. The molecule has 0 aliphatic carbocycles. The van der Waals surface area contributed by atoms with Crippen LogP contribution in [-0.4, -0.2) is 32.7 Å². The normalized spacial score (nSPS) is 10.8. The van der Waals surface area contributed by atoms with E-state index in [0.717, 1.165) is 10.9 Å². The van der Waals surface area contributed by atoms with Gasteiger partial charge >= 0.3 is 0 Å². The fourth-order valence-electron chi connectivity index (χ4n) is 2.99. The molecule has 4 rings (SSSR count). The zero-order valence-electron chi connectivity index (χ0n) is 15.4. The Hall–Kier alpha value is -3.94. The van der Waals surface area contributed by atoms with E-state index in [1.165, 1.54) is 0 Å². The number of rotatable bonds is 4. The van der Waals surface area contributed by atoms with E-state index in [9.17, 15) is 9.59 Å². The van der Waals surface area contributed by atoms with Crippen LogP contribution in [0.5, 0.6) is 0 Å². The van der Waals surface area contributed by atoms with Gasteiger partial charge in [0.25, 0.3) is 11.5 Å². The van der Waals surface area contributed by atoms with Crippen molar-refractivity contribution in [1.29, 1.82) is 0 Å². The monoisotopic (exact) mass is 374 g/mol. The van der Waals surface area contributed by atoms with Crippen LogP contribution in [0.3, 0.4) is 0 Å². The fourth-order valence-corrected chi connectivity index (χ4v) is 2.99. The van der Waals surface area contributed by atoms with Gasteiger partial charge < -0.3 is 15.6 Å². The SMILES string of the molecule is CNC(=O)c1ccc(Nc2nc(-c3cnn(C)c3)cc3cc[nH]c(=O)c23)cc1. The molecule has 0 unspecified atom stereocenters. The van der Waals surface area contributed by atoms with Gasteiger partial charge in [0.05, 0.1) is 17.3 Å². The quantitative estimate of drug-likeness (QED) is 0.509. The van der Waals surface area contributed by atoms with Gasteiger partial charge in [0.15, 0.2) is 0 Å². The molecule has 3 aromatic heterocycles. The summed E-state index contributed by atoms with van der Waals surface area (Å²) in [6.45, 7) is 0. The number of H-pyrrole nitrogens is 1. The number of nitrogens with one attached hydrogen (secondary N) is 3. The standard InChI is InChI=1S/C20H18N6O2/c1-21-19(27)12-3-5-15(6-4-12)24-18-17-13(7-8-22-20(17)28)9-16(25-18)14-10-23-26(2)11-14/h3-11H,1-2H3,(H,21,27)(H,22,28)(H,24,25). The van der Waals surface area contributed by atoms with Gasteiger partial charge in [0.1, 0.15) is 5.82 Å². The summed E-state index contributed by atoms with van der Waals surface area (Å²) in [6, 6.07) is 10.6. The van der Waals surface area contributed by atoms with E-state index >= 15 is 0 Å². The minimum Gasteiger partial charge on any atom is -0.355 e. The topological polar surface area (TPSA) is 105 Å². The highest BCUT2D eigenvalue weighted by atomic mass is 16.1. The zero-order chi connectivity index (χ0) is 19.7. The first-order chi connectivity index (χ1) is 13.5. The Morgan fingerprint density at radius 2 is 1.96 bits per heavy atom. The summed E-state index contributed by atoms with van der Waals surface area (Å²) in [5.41, 5.74) is 2.59. The van der Waals surface area contributed by atoms with Crippen LogP contribution in [0.4, 0.5) is 11.5 Å². The van der Waals surface area contributed by atoms with Crippen molar-refractivity contribution >= 4 is 28.2 Å². The van der Waals surface area contributed by atoms with Crippen molar-refractivity contribution in [2.24, 2.45) is 7.05 Å². The number of hydrogen-bond acceptors (Lipinski definition) is 5. The van der Waals surface area contributed by atoms with Crippen molar-refractivity contribution in [3.8, 4) is 11.3 Å². The second-order valence-electron chi connectivity index (χ2n) is 6.31. The lowest BCUT2D eigenvalue weighted by Gasteiger charge is -2.11. The van der Waals surface area contributed by atoms with E-state index in [2.05, 4.69) is 25.7 Å². The third kappa shape index (κ3) is 3.23. The molecule has 0 aliphatic rings. The molecular weight excluding hydrogens is 356 g/mol. The van der Waals surface area contributed by atoms with Crippen LogP contribution in [0.1, 0.15) is 10.4 Å². The average molecular weight is 374 g/mol. The number of aryl methyl sites for hydroxylation is 1. The predicted molar refractivity (Wildman–Crippen MR) is 108 cm³/mol. The van der Waals surface area contributed by atoms with Gasteiger partial charge in [-0.15, -0.1) is 0 Å². The first-order valence-corrected chi connectivity index (χ1v) is 8.66. The molecule has 0 spiro atoms. The van der Waals surface area contributed by atoms with Crippen LogP contribution in [0.15, 0.2) is 59.8 Å². The Morgan fingerprint density at radius 1 is 1.18 bits per heavy atom. The highest BCUT2D eigenvalue weighted by Gasteiger charge is 2.12. The Labute approximate surface area is 160 Å². The maximum atomic E-state index is 12.4. The molecule has 1 aromatic carbocycles. The minimum absolute atomic E-state index is 0.162. The number of amides is 1.